The van der Waals surface area contributed by atoms with Gasteiger partial charge in [0.1, 0.15) is 0 Å². The summed E-state index contributed by atoms with van der Waals surface area (Å²) in [5, 5.41) is 3.16. The largest absolute Gasteiger partial charge is 0.353 e. The van der Waals surface area contributed by atoms with E-state index < -0.39 is 0 Å². The van der Waals surface area contributed by atoms with Crippen LogP contribution in [0.1, 0.15) is 53.4 Å². The van der Waals surface area contributed by atoms with Gasteiger partial charge in [-0.25, -0.2) is 0 Å². The standard InChI is InChI=1S/C14H28N2O/c1-10(14(2,3)4)16-13(17)12-8-6-5-7-11(12)9-15/h10-12H,5-9,15H2,1-4H3,(H,16,17). The second-order valence-corrected chi connectivity index (χ2v) is 6.48. The maximum atomic E-state index is 12.3. The zero-order valence-corrected chi connectivity index (χ0v) is 11.8. The van der Waals surface area contributed by atoms with Gasteiger partial charge in [-0.05, 0) is 37.6 Å². The van der Waals surface area contributed by atoms with Crippen molar-refractivity contribution in [1.29, 1.82) is 0 Å². The molecule has 3 nitrogen and oxygen atoms in total. The number of hydrogen-bond donors (Lipinski definition) is 2. The summed E-state index contributed by atoms with van der Waals surface area (Å²) in [6.07, 6.45) is 4.50. The average molecular weight is 240 g/mol. The lowest BCUT2D eigenvalue weighted by Gasteiger charge is -2.34. The molecule has 1 aliphatic carbocycles. The highest BCUT2D eigenvalue weighted by Gasteiger charge is 2.32. The number of rotatable bonds is 3. The van der Waals surface area contributed by atoms with Crippen LogP contribution >= 0.6 is 0 Å². The summed E-state index contributed by atoms with van der Waals surface area (Å²) in [4.78, 5) is 12.3. The van der Waals surface area contributed by atoms with Gasteiger partial charge >= 0.3 is 0 Å². The van der Waals surface area contributed by atoms with Crippen molar-refractivity contribution in [3.8, 4) is 0 Å². The van der Waals surface area contributed by atoms with Crippen molar-refractivity contribution in [3.63, 3.8) is 0 Å². The van der Waals surface area contributed by atoms with E-state index in [0.717, 1.165) is 12.8 Å². The van der Waals surface area contributed by atoms with Crippen molar-refractivity contribution in [2.24, 2.45) is 23.0 Å². The predicted molar refractivity (Wildman–Crippen MR) is 71.6 cm³/mol. The highest BCUT2D eigenvalue weighted by Crippen LogP contribution is 2.30. The van der Waals surface area contributed by atoms with Crippen LogP contribution in [0, 0.1) is 17.3 Å². The van der Waals surface area contributed by atoms with Crippen molar-refractivity contribution in [1.82, 2.24) is 5.32 Å². The van der Waals surface area contributed by atoms with Gasteiger partial charge in [0.15, 0.2) is 0 Å². The van der Waals surface area contributed by atoms with E-state index in [0.29, 0.717) is 12.5 Å². The molecule has 100 valence electrons. The molecule has 17 heavy (non-hydrogen) atoms. The van der Waals surface area contributed by atoms with Crippen molar-refractivity contribution < 1.29 is 4.79 Å². The number of carbonyl (C=O) groups excluding carboxylic acids is 1. The first-order chi connectivity index (χ1) is 7.86. The Morgan fingerprint density at radius 2 is 1.94 bits per heavy atom. The number of nitrogens with two attached hydrogens (primary N) is 1. The summed E-state index contributed by atoms with van der Waals surface area (Å²) in [7, 11) is 0. The first-order valence-corrected chi connectivity index (χ1v) is 6.86. The van der Waals surface area contributed by atoms with Crippen LogP contribution in [0.15, 0.2) is 0 Å². The summed E-state index contributed by atoms with van der Waals surface area (Å²) < 4.78 is 0. The molecule has 0 heterocycles. The molecule has 1 amide bonds. The number of carbonyl (C=O) groups is 1. The van der Waals surface area contributed by atoms with Crippen molar-refractivity contribution in [3.05, 3.63) is 0 Å². The smallest absolute Gasteiger partial charge is 0.223 e. The van der Waals surface area contributed by atoms with Crippen LogP contribution in [0.5, 0.6) is 0 Å². The highest BCUT2D eigenvalue weighted by molar-refractivity contribution is 5.79. The van der Waals surface area contributed by atoms with Gasteiger partial charge in [-0.2, -0.15) is 0 Å². The molecule has 3 N–H and O–H groups in total. The van der Waals surface area contributed by atoms with E-state index in [4.69, 9.17) is 5.73 Å². The van der Waals surface area contributed by atoms with Crippen LogP contribution in [-0.2, 0) is 4.79 Å². The zero-order valence-electron chi connectivity index (χ0n) is 11.8. The molecule has 0 radical (unpaired) electrons. The van der Waals surface area contributed by atoms with E-state index in [-0.39, 0.29) is 23.3 Å². The molecule has 0 bridgehead atoms. The molecule has 3 unspecified atom stereocenters. The summed E-state index contributed by atoms with van der Waals surface area (Å²) in [6, 6.07) is 0.204. The molecule has 3 atom stereocenters. The lowest BCUT2D eigenvalue weighted by atomic mass is 9.78. The van der Waals surface area contributed by atoms with Crippen LogP contribution in [-0.4, -0.2) is 18.5 Å². The van der Waals surface area contributed by atoms with Gasteiger partial charge in [0, 0.05) is 12.0 Å². The third-order valence-corrected chi connectivity index (χ3v) is 4.21. The number of hydrogen-bond acceptors (Lipinski definition) is 2. The second kappa shape index (κ2) is 5.85. The average Bonchev–Trinajstić information content (AvgIpc) is 2.27. The molecular weight excluding hydrogens is 212 g/mol. The molecule has 0 aromatic carbocycles. The Morgan fingerprint density at radius 3 is 2.47 bits per heavy atom. The summed E-state index contributed by atoms with van der Waals surface area (Å²) in [5.74, 6) is 0.733. The first kappa shape index (κ1) is 14.5. The minimum absolute atomic E-state index is 0.114. The van der Waals surface area contributed by atoms with Crippen LogP contribution in [0.4, 0.5) is 0 Å². The van der Waals surface area contributed by atoms with E-state index in [1.807, 2.05) is 0 Å². The molecule has 1 fully saturated rings. The third-order valence-electron chi connectivity index (χ3n) is 4.21. The molecular formula is C14H28N2O. The van der Waals surface area contributed by atoms with Gasteiger partial charge in [0.05, 0.1) is 0 Å². The molecule has 0 aliphatic heterocycles. The highest BCUT2D eigenvalue weighted by atomic mass is 16.2. The van der Waals surface area contributed by atoms with E-state index in [2.05, 4.69) is 33.0 Å². The molecule has 0 saturated heterocycles. The summed E-state index contributed by atoms with van der Waals surface area (Å²) in [5.41, 5.74) is 5.88. The van der Waals surface area contributed by atoms with E-state index in [1.54, 1.807) is 0 Å². The first-order valence-electron chi connectivity index (χ1n) is 6.86. The van der Waals surface area contributed by atoms with Crippen molar-refractivity contribution in [2.75, 3.05) is 6.54 Å². The second-order valence-electron chi connectivity index (χ2n) is 6.48. The van der Waals surface area contributed by atoms with E-state index in [9.17, 15) is 4.79 Å². The van der Waals surface area contributed by atoms with Gasteiger partial charge in [-0.3, -0.25) is 4.79 Å². The Morgan fingerprint density at radius 1 is 1.35 bits per heavy atom. The van der Waals surface area contributed by atoms with E-state index in [1.165, 1.54) is 12.8 Å². The zero-order chi connectivity index (χ0) is 13.1. The van der Waals surface area contributed by atoms with Crippen LogP contribution in [0.2, 0.25) is 0 Å². The lowest BCUT2D eigenvalue weighted by molar-refractivity contribution is -0.129. The predicted octanol–water partition coefficient (Wildman–Crippen LogP) is 2.30. The van der Waals surface area contributed by atoms with Gasteiger partial charge < -0.3 is 11.1 Å². The Hall–Kier alpha value is -0.570. The Kier molecular flexibility index (Phi) is 4.99. The van der Waals surface area contributed by atoms with Gasteiger partial charge in [0.2, 0.25) is 5.91 Å². The number of amides is 1. The minimum atomic E-state index is 0.114. The van der Waals surface area contributed by atoms with E-state index >= 15 is 0 Å². The third kappa shape index (κ3) is 3.98. The summed E-state index contributed by atoms with van der Waals surface area (Å²) >= 11 is 0. The topological polar surface area (TPSA) is 55.1 Å². The lowest BCUT2D eigenvalue weighted by Crippen LogP contribution is -2.47. The Balaban J connectivity index is 2.56. The Labute approximate surface area is 106 Å². The molecule has 0 aromatic rings. The van der Waals surface area contributed by atoms with Gasteiger partial charge in [-0.15, -0.1) is 0 Å². The van der Waals surface area contributed by atoms with Crippen LogP contribution in [0.3, 0.4) is 0 Å². The van der Waals surface area contributed by atoms with Gasteiger partial charge in [-0.1, -0.05) is 33.6 Å². The fourth-order valence-corrected chi connectivity index (χ4v) is 2.37. The Bertz CT molecular complexity index is 257. The molecule has 1 aliphatic rings. The van der Waals surface area contributed by atoms with Crippen molar-refractivity contribution in [2.45, 2.75) is 59.4 Å². The molecule has 0 spiro atoms. The fourth-order valence-electron chi connectivity index (χ4n) is 2.37. The number of nitrogens with one attached hydrogen (secondary N) is 1. The quantitative estimate of drug-likeness (QED) is 0.795. The minimum Gasteiger partial charge on any atom is -0.353 e. The molecule has 0 aromatic heterocycles. The molecule has 1 saturated carbocycles. The fraction of sp³-hybridized carbons (Fsp3) is 0.929. The van der Waals surface area contributed by atoms with Crippen LogP contribution in [0.25, 0.3) is 0 Å². The van der Waals surface area contributed by atoms with Crippen LogP contribution < -0.4 is 11.1 Å². The maximum Gasteiger partial charge on any atom is 0.223 e. The summed E-state index contributed by atoms with van der Waals surface area (Å²) in [6.45, 7) is 9.18. The normalized spacial score (nSPS) is 27.6. The monoisotopic (exact) mass is 240 g/mol. The van der Waals surface area contributed by atoms with Crippen molar-refractivity contribution >= 4 is 5.91 Å². The molecule has 1 rings (SSSR count). The molecule has 3 heteroatoms. The van der Waals surface area contributed by atoms with Gasteiger partial charge in [0.25, 0.3) is 0 Å². The SMILES string of the molecule is CC(NC(=O)C1CCCCC1CN)C(C)(C)C. The maximum absolute atomic E-state index is 12.3.